The molecule has 1 unspecified atom stereocenters. The van der Waals surface area contributed by atoms with Gasteiger partial charge in [-0.3, -0.25) is 0 Å². The maximum absolute atomic E-state index is 2.74. The Morgan fingerprint density at radius 2 is 2.00 bits per heavy atom. The number of rotatable bonds is 4. The van der Waals surface area contributed by atoms with E-state index in [4.69, 9.17) is 0 Å². The largest absolute Gasteiger partial charge is 0.306 e. The van der Waals surface area contributed by atoms with Gasteiger partial charge in [-0.2, -0.15) is 0 Å². The van der Waals surface area contributed by atoms with Gasteiger partial charge in [-0.1, -0.05) is 13.8 Å². The summed E-state index contributed by atoms with van der Waals surface area (Å²) in [7, 11) is 4.91. The van der Waals surface area contributed by atoms with Crippen LogP contribution in [-0.4, -0.2) is 31.2 Å². The summed E-state index contributed by atoms with van der Waals surface area (Å²) in [5, 5.41) is 0. The van der Waals surface area contributed by atoms with E-state index in [1.165, 1.54) is 19.3 Å². The van der Waals surface area contributed by atoms with Gasteiger partial charge >= 0.3 is 0 Å². The fraction of sp³-hybridized carbons (Fsp3) is 1.00. The first kappa shape index (κ1) is 9.39. The molecule has 0 aliphatic heterocycles. The summed E-state index contributed by atoms with van der Waals surface area (Å²) < 4.78 is 0. The van der Waals surface area contributed by atoms with Gasteiger partial charge in [0.1, 0.15) is 0 Å². The molecular weight excluding hydrogens is 129 g/mol. The van der Waals surface area contributed by atoms with Gasteiger partial charge in [0.25, 0.3) is 0 Å². The zero-order valence-electron chi connectivity index (χ0n) is 6.72. The molecule has 2 heteroatoms. The summed E-state index contributed by atoms with van der Waals surface area (Å²) in [4.78, 5) is 2.36. The Morgan fingerprint density at radius 1 is 1.44 bits per heavy atom. The minimum atomic E-state index is 0.798. The average molecular weight is 147 g/mol. The minimum absolute atomic E-state index is 0.798. The van der Waals surface area contributed by atoms with Gasteiger partial charge in [0.05, 0.1) is 0 Å². The Hall–Kier alpha value is 0.390. The van der Waals surface area contributed by atoms with E-state index >= 15 is 0 Å². The van der Waals surface area contributed by atoms with Crippen molar-refractivity contribution in [1.82, 2.24) is 4.90 Å². The van der Waals surface area contributed by atoms with Gasteiger partial charge in [-0.05, 0) is 19.1 Å². The monoisotopic (exact) mass is 147 g/mol. The van der Waals surface area contributed by atoms with Gasteiger partial charge in [-0.25, -0.2) is 0 Å². The van der Waals surface area contributed by atoms with Crippen molar-refractivity contribution in [1.29, 1.82) is 0 Å². The standard InChI is InChI=1S/C7H18NP/c1-7(2)6-8(3)4-5-9/h7H,4-6,9H2,1-3H3. The molecule has 0 bridgehead atoms. The lowest BCUT2D eigenvalue weighted by Crippen LogP contribution is -2.24. The van der Waals surface area contributed by atoms with Crippen molar-refractivity contribution < 1.29 is 0 Å². The first-order chi connectivity index (χ1) is 4.16. The highest BCUT2D eigenvalue weighted by Crippen LogP contribution is 1.95. The zero-order chi connectivity index (χ0) is 7.28. The molecule has 1 atom stereocenters. The fourth-order valence-electron chi connectivity index (χ4n) is 0.935. The van der Waals surface area contributed by atoms with Gasteiger partial charge < -0.3 is 4.90 Å². The summed E-state index contributed by atoms with van der Waals surface area (Å²) in [6, 6.07) is 0. The van der Waals surface area contributed by atoms with E-state index in [2.05, 4.69) is 35.0 Å². The first-order valence-corrected chi connectivity index (χ1v) is 4.37. The molecule has 0 saturated heterocycles. The molecule has 9 heavy (non-hydrogen) atoms. The normalized spacial score (nSPS) is 11.3. The van der Waals surface area contributed by atoms with Gasteiger partial charge in [0.15, 0.2) is 0 Å². The molecule has 0 aromatic rings. The molecular formula is C7H18NP. The maximum atomic E-state index is 2.74. The van der Waals surface area contributed by atoms with E-state index in [0.717, 1.165) is 5.92 Å². The number of hydrogen-bond donors (Lipinski definition) is 0. The van der Waals surface area contributed by atoms with Crippen LogP contribution < -0.4 is 0 Å². The third kappa shape index (κ3) is 6.27. The van der Waals surface area contributed by atoms with Crippen molar-refractivity contribution in [3.05, 3.63) is 0 Å². The second kappa shape index (κ2) is 5.20. The molecule has 0 N–H and O–H groups in total. The van der Waals surface area contributed by atoms with Crippen LogP contribution in [0.15, 0.2) is 0 Å². The lowest BCUT2D eigenvalue weighted by molar-refractivity contribution is 0.312. The highest BCUT2D eigenvalue weighted by molar-refractivity contribution is 7.16. The van der Waals surface area contributed by atoms with E-state index in [0.29, 0.717) is 0 Å². The van der Waals surface area contributed by atoms with Crippen LogP contribution in [0.3, 0.4) is 0 Å². The summed E-state index contributed by atoms with van der Waals surface area (Å²) in [6.45, 7) is 6.91. The molecule has 0 fully saturated rings. The van der Waals surface area contributed by atoms with Gasteiger partial charge in [0.2, 0.25) is 0 Å². The second-order valence-corrected chi connectivity index (χ2v) is 3.52. The molecule has 56 valence electrons. The molecule has 0 aliphatic carbocycles. The lowest BCUT2D eigenvalue weighted by atomic mass is 10.2. The minimum Gasteiger partial charge on any atom is -0.306 e. The van der Waals surface area contributed by atoms with Gasteiger partial charge in [-0.15, -0.1) is 9.24 Å². The number of hydrogen-bond acceptors (Lipinski definition) is 1. The molecule has 0 amide bonds. The molecule has 0 aromatic heterocycles. The predicted molar refractivity (Wildman–Crippen MR) is 46.9 cm³/mol. The van der Waals surface area contributed by atoms with E-state index in [9.17, 15) is 0 Å². The molecule has 1 nitrogen and oxygen atoms in total. The quantitative estimate of drug-likeness (QED) is 0.544. The Labute approximate surface area is 61.0 Å². The molecule has 0 heterocycles. The smallest absolute Gasteiger partial charge is 0.00130 e. The molecule has 0 aromatic carbocycles. The molecule has 0 aliphatic rings. The second-order valence-electron chi connectivity index (χ2n) is 2.94. The van der Waals surface area contributed by atoms with E-state index in [1.807, 2.05) is 0 Å². The Morgan fingerprint density at radius 3 is 2.33 bits per heavy atom. The van der Waals surface area contributed by atoms with Crippen LogP contribution in [0.5, 0.6) is 0 Å². The Bertz CT molecular complexity index is 63.9. The maximum Gasteiger partial charge on any atom is 0.00130 e. The molecule has 0 radical (unpaired) electrons. The highest BCUT2D eigenvalue weighted by Gasteiger charge is 1.98. The topological polar surface area (TPSA) is 3.24 Å². The van der Waals surface area contributed by atoms with Crippen molar-refractivity contribution in [2.75, 3.05) is 26.3 Å². The third-order valence-electron chi connectivity index (χ3n) is 1.19. The van der Waals surface area contributed by atoms with E-state index in [-0.39, 0.29) is 0 Å². The molecule has 0 rings (SSSR count). The molecule has 0 spiro atoms. The van der Waals surface area contributed by atoms with Crippen molar-refractivity contribution in [3.63, 3.8) is 0 Å². The van der Waals surface area contributed by atoms with Crippen LogP contribution in [0, 0.1) is 5.92 Å². The highest BCUT2D eigenvalue weighted by atomic mass is 31.0. The summed E-state index contributed by atoms with van der Waals surface area (Å²) in [6.07, 6.45) is 1.18. The summed E-state index contributed by atoms with van der Waals surface area (Å²) >= 11 is 0. The van der Waals surface area contributed by atoms with Crippen LogP contribution >= 0.6 is 9.24 Å². The van der Waals surface area contributed by atoms with E-state index in [1.54, 1.807) is 0 Å². The van der Waals surface area contributed by atoms with Crippen LogP contribution in [0.25, 0.3) is 0 Å². The van der Waals surface area contributed by atoms with Gasteiger partial charge in [0, 0.05) is 13.1 Å². The van der Waals surface area contributed by atoms with Crippen LogP contribution in [0.2, 0.25) is 0 Å². The zero-order valence-corrected chi connectivity index (χ0v) is 7.88. The Kier molecular flexibility index (Phi) is 5.42. The number of nitrogens with zero attached hydrogens (tertiary/aromatic N) is 1. The lowest BCUT2D eigenvalue weighted by Gasteiger charge is -2.17. The average Bonchev–Trinajstić information content (AvgIpc) is 1.63. The third-order valence-corrected chi connectivity index (χ3v) is 1.45. The van der Waals surface area contributed by atoms with Crippen molar-refractivity contribution in [2.45, 2.75) is 13.8 Å². The fourth-order valence-corrected chi connectivity index (χ4v) is 1.38. The van der Waals surface area contributed by atoms with Crippen LogP contribution in [-0.2, 0) is 0 Å². The Balaban J connectivity index is 3.15. The predicted octanol–water partition coefficient (Wildman–Crippen LogP) is 1.45. The summed E-state index contributed by atoms with van der Waals surface area (Å²) in [5.41, 5.74) is 0. The first-order valence-electron chi connectivity index (χ1n) is 3.55. The van der Waals surface area contributed by atoms with Crippen LogP contribution in [0.1, 0.15) is 13.8 Å². The van der Waals surface area contributed by atoms with E-state index < -0.39 is 0 Å². The van der Waals surface area contributed by atoms with Crippen LogP contribution in [0.4, 0.5) is 0 Å². The van der Waals surface area contributed by atoms with Crippen molar-refractivity contribution in [3.8, 4) is 0 Å². The SMILES string of the molecule is CC(C)CN(C)CCP. The van der Waals surface area contributed by atoms with Crippen molar-refractivity contribution in [2.24, 2.45) is 5.92 Å². The van der Waals surface area contributed by atoms with Crippen molar-refractivity contribution >= 4 is 9.24 Å². The molecule has 0 saturated carbocycles. The summed E-state index contributed by atoms with van der Waals surface area (Å²) in [5.74, 6) is 0.798.